The van der Waals surface area contributed by atoms with E-state index in [0.717, 1.165) is 51.4 Å². The van der Waals surface area contributed by atoms with E-state index >= 15 is 0 Å². The highest BCUT2D eigenvalue weighted by Crippen LogP contribution is 2.21. The molecule has 0 aliphatic carbocycles. The fourth-order valence-electron chi connectivity index (χ4n) is 4.41. The normalized spacial score (nSPS) is 12.9. The van der Waals surface area contributed by atoms with Gasteiger partial charge in [-0.25, -0.2) is 9.59 Å². The molecule has 0 spiro atoms. The van der Waals surface area contributed by atoms with Crippen LogP contribution in [0.3, 0.4) is 0 Å². The topological polar surface area (TPSA) is 65.7 Å². The summed E-state index contributed by atoms with van der Waals surface area (Å²) in [4.78, 5) is 25.0. The maximum Gasteiger partial charge on any atom is 0.374 e. The van der Waals surface area contributed by atoms with Crippen LogP contribution in [0, 0.1) is 11.8 Å². The van der Waals surface area contributed by atoms with E-state index in [-0.39, 0.29) is 11.5 Å². The Kier molecular flexibility index (Phi) is 18.2. The SMILES string of the molecule is CCCCCCC(CCCC)COC(=O)c1ccc(C(=O)OCC(CCCC)CCCCCC)o1. The molecule has 5 nitrogen and oxygen atoms in total. The standard InChI is InChI=1S/C30H52O5/c1-5-9-13-15-19-25(17-11-7-3)23-33-29(31)27-21-22-28(35-27)30(32)34-24-26(18-12-8-4)20-16-14-10-6-2/h21-22,25-26H,5-20,23-24H2,1-4H3. The maximum absolute atomic E-state index is 12.5. The molecule has 0 aliphatic heterocycles. The third-order valence-corrected chi connectivity index (χ3v) is 6.77. The van der Waals surface area contributed by atoms with Gasteiger partial charge in [-0.2, -0.15) is 0 Å². The van der Waals surface area contributed by atoms with Crippen molar-refractivity contribution in [3.05, 3.63) is 23.7 Å². The van der Waals surface area contributed by atoms with Crippen LogP contribution in [-0.4, -0.2) is 25.2 Å². The van der Waals surface area contributed by atoms with Gasteiger partial charge in [-0.3, -0.25) is 0 Å². The van der Waals surface area contributed by atoms with Crippen LogP contribution < -0.4 is 0 Å². The lowest BCUT2D eigenvalue weighted by atomic mass is 9.96. The Balaban J connectivity index is 2.52. The third kappa shape index (κ3) is 14.4. The van der Waals surface area contributed by atoms with E-state index in [4.69, 9.17) is 13.9 Å². The Labute approximate surface area is 214 Å². The second kappa shape index (κ2) is 20.4. The summed E-state index contributed by atoms with van der Waals surface area (Å²) in [6.45, 7) is 9.60. The van der Waals surface area contributed by atoms with Crippen molar-refractivity contribution in [2.24, 2.45) is 11.8 Å². The Morgan fingerprint density at radius 3 is 1.34 bits per heavy atom. The molecule has 0 saturated heterocycles. The van der Waals surface area contributed by atoms with Gasteiger partial charge in [-0.15, -0.1) is 0 Å². The molecule has 5 heteroatoms. The first-order valence-electron chi connectivity index (χ1n) is 14.5. The number of hydrogen-bond donors (Lipinski definition) is 0. The zero-order valence-corrected chi connectivity index (χ0v) is 23.1. The summed E-state index contributed by atoms with van der Waals surface area (Å²) in [5.74, 6) is -0.106. The largest absolute Gasteiger partial charge is 0.460 e. The van der Waals surface area contributed by atoms with Gasteiger partial charge in [0.15, 0.2) is 0 Å². The Hall–Kier alpha value is -1.78. The van der Waals surface area contributed by atoms with Crippen molar-refractivity contribution in [2.75, 3.05) is 13.2 Å². The van der Waals surface area contributed by atoms with Crippen LogP contribution in [0.5, 0.6) is 0 Å². The van der Waals surface area contributed by atoms with Crippen LogP contribution in [-0.2, 0) is 9.47 Å². The minimum Gasteiger partial charge on any atom is -0.460 e. The minimum atomic E-state index is -0.504. The van der Waals surface area contributed by atoms with Crippen LogP contribution in [0.15, 0.2) is 16.5 Å². The predicted octanol–water partition coefficient (Wildman–Crippen LogP) is 9.15. The van der Waals surface area contributed by atoms with Crippen molar-refractivity contribution in [3.8, 4) is 0 Å². The fraction of sp³-hybridized carbons (Fsp3) is 0.800. The Morgan fingerprint density at radius 1 is 0.600 bits per heavy atom. The van der Waals surface area contributed by atoms with Crippen molar-refractivity contribution < 1.29 is 23.5 Å². The first kappa shape index (κ1) is 31.3. The average Bonchev–Trinajstić information content (AvgIpc) is 3.37. The van der Waals surface area contributed by atoms with Crippen LogP contribution in [0.4, 0.5) is 0 Å². The highest BCUT2D eigenvalue weighted by atomic mass is 16.6. The molecule has 1 aromatic heterocycles. The highest BCUT2D eigenvalue weighted by molar-refractivity contribution is 5.90. The highest BCUT2D eigenvalue weighted by Gasteiger charge is 2.20. The van der Waals surface area contributed by atoms with Crippen LogP contribution in [0.25, 0.3) is 0 Å². The predicted molar refractivity (Wildman–Crippen MR) is 143 cm³/mol. The van der Waals surface area contributed by atoms with Crippen molar-refractivity contribution in [1.82, 2.24) is 0 Å². The van der Waals surface area contributed by atoms with Gasteiger partial charge in [0, 0.05) is 0 Å². The van der Waals surface area contributed by atoms with Crippen molar-refractivity contribution in [2.45, 2.75) is 130 Å². The summed E-state index contributed by atoms with van der Waals surface area (Å²) in [5.41, 5.74) is 0. The molecule has 0 aromatic carbocycles. The minimum absolute atomic E-state index is 0.0688. The zero-order valence-electron chi connectivity index (χ0n) is 23.1. The summed E-state index contributed by atoms with van der Waals surface area (Å²) < 4.78 is 16.6. The number of furan rings is 1. The van der Waals surface area contributed by atoms with Crippen molar-refractivity contribution >= 4 is 11.9 Å². The van der Waals surface area contributed by atoms with Gasteiger partial charge >= 0.3 is 11.9 Å². The van der Waals surface area contributed by atoms with Crippen molar-refractivity contribution in [3.63, 3.8) is 0 Å². The van der Waals surface area contributed by atoms with Crippen LogP contribution in [0.2, 0.25) is 0 Å². The first-order chi connectivity index (χ1) is 17.0. The molecule has 2 atom stereocenters. The molecule has 1 heterocycles. The molecule has 0 fully saturated rings. The fourth-order valence-corrected chi connectivity index (χ4v) is 4.41. The van der Waals surface area contributed by atoms with E-state index in [1.165, 1.54) is 63.5 Å². The van der Waals surface area contributed by atoms with E-state index < -0.39 is 11.9 Å². The summed E-state index contributed by atoms with van der Waals surface area (Å²) in [6, 6.07) is 3.03. The molecule has 0 bridgehead atoms. The number of hydrogen-bond acceptors (Lipinski definition) is 5. The number of rotatable bonds is 22. The Morgan fingerprint density at radius 2 is 0.971 bits per heavy atom. The molecule has 0 radical (unpaired) electrons. The van der Waals surface area contributed by atoms with Gasteiger partial charge in [-0.1, -0.05) is 105 Å². The zero-order chi connectivity index (χ0) is 25.7. The molecule has 202 valence electrons. The number of carbonyl (C=O) groups is 2. The Bertz CT molecular complexity index is 611. The molecule has 0 saturated carbocycles. The summed E-state index contributed by atoms with van der Waals surface area (Å²) in [5, 5.41) is 0. The van der Waals surface area contributed by atoms with Gasteiger partial charge in [0.1, 0.15) is 0 Å². The van der Waals surface area contributed by atoms with E-state index in [1.54, 1.807) is 0 Å². The van der Waals surface area contributed by atoms with Gasteiger partial charge in [0.25, 0.3) is 0 Å². The van der Waals surface area contributed by atoms with E-state index in [0.29, 0.717) is 25.0 Å². The second-order valence-corrected chi connectivity index (χ2v) is 10.1. The third-order valence-electron chi connectivity index (χ3n) is 6.77. The molecule has 1 aromatic rings. The van der Waals surface area contributed by atoms with Crippen LogP contribution in [0.1, 0.15) is 152 Å². The van der Waals surface area contributed by atoms with Gasteiger partial charge in [0.05, 0.1) is 13.2 Å². The monoisotopic (exact) mass is 492 g/mol. The number of ether oxygens (including phenoxy) is 2. The summed E-state index contributed by atoms with van der Waals surface area (Å²) in [6.07, 6.45) is 18.6. The molecule has 0 N–H and O–H groups in total. The molecule has 1 rings (SSSR count). The molecule has 0 aliphatic rings. The molecule has 2 unspecified atom stereocenters. The van der Waals surface area contributed by atoms with Crippen molar-refractivity contribution in [1.29, 1.82) is 0 Å². The molecule has 0 amide bonds. The van der Waals surface area contributed by atoms with Gasteiger partial charge in [-0.05, 0) is 49.7 Å². The first-order valence-corrected chi connectivity index (χ1v) is 14.5. The van der Waals surface area contributed by atoms with Crippen LogP contribution >= 0.6 is 0 Å². The molecule has 35 heavy (non-hydrogen) atoms. The maximum atomic E-state index is 12.5. The number of esters is 2. The molecular formula is C30H52O5. The quantitative estimate of drug-likeness (QED) is 0.119. The van der Waals surface area contributed by atoms with E-state index in [9.17, 15) is 9.59 Å². The number of carbonyl (C=O) groups excluding carboxylic acids is 2. The summed E-state index contributed by atoms with van der Waals surface area (Å²) >= 11 is 0. The smallest absolute Gasteiger partial charge is 0.374 e. The van der Waals surface area contributed by atoms with Gasteiger partial charge in [0.2, 0.25) is 11.5 Å². The average molecular weight is 493 g/mol. The lowest BCUT2D eigenvalue weighted by Crippen LogP contribution is -2.15. The lowest BCUT2D eigenvalue weighted by molar-refractivity contribution is 0.0352. The van der Waals surface area contributed by atoms with E-state index in [2.05, 4.69) is 27.7 Å². The lowest BCUT2D eigenvalue weighted by Gasteiger charge is -2.16. The van der Waals surface area contributed by atoms with E-state index in [1.807, 2.05) is 0 Å². The molecular weight excluding hydrogens is 440 g/mol. The number of unbranched alkanes of at least 4 members (excludes halogenated alkanes) is 8. The second-order valence-electron chi connectivity index (χ2n) is 10.1. The van der Waals surface area contributed by atoms with Gasteiger partial charge < -0.3 is 13.9 Å². The summed E-state index contributed by atoms with van der Waals surface area (Å²) in [7, 11) is 0.